The van der Waals surface area contributed by atoms with Crippen molar-refractivity contribution in [2.75, 3.05) is 43.7 Å². The number of guanidine groups is 1. The highest BCUT2D eigenvalue weighted by atomic mass is 16.7. The Morgan fingerprint density at radius 3 is 2.48 bits per heavy atom. The summed E-state index contributed by atoms with van der Waals surface area (Å²) in [7, 11) is 0. The number of aliphatic hydroxyl groups is 3. The lowest BCUT2D eigenvalue weighted by Crippen LogP contribution is -2.61. The van der Waals surface area contributed by atoms with Crippen LogP contribution in [0.25, 0.3) is 0 Å². The molecule has 1 fully saturated rings. The average molecular weight is 830 g/mol. The van der Waals surface area contributed by atoms with Gasteiger partial charge in [-0.05, 0) is 47.9 Å². The fraction of sp³-hybridized carbons (Fsp3) is 0.279. The molecule has 0 unspecified atom stereocenters. The number of benzene rings is 3. The van der Waals surface area contributed by atoms with Crippen LogP contribution in [0.5, 0.6) is 11.5 Å². The van der Waals surface area contributed by atoms with Gasteiger partial charge < -0.3 is 55.4 Å². The number of carbonyl (C=O) groups excluding carboxylic acids is 3. The van der Waals surface area contributed by atoms with Crippen molar-refractivity contribution in [3.05, 3.63) is 124 Å². The predicted molar refractivity (Wildman–Crippen MR) is 218 cm³/mol. The predicted octanol–water partition coefficient (Wildman–Crippen LogP) is 1.41. The Morgan fingerprint density at radius 2 is 1.67 bits per heavy atom. The summed E-state index contributed by atoms with van der Waals surface area (Å²) in [5.74, 6) is -2.51. The normalized spacial score (nSPS) is 24.7. The number of hydrogen-bond donors (Lipinski definition) is 5. The number of nitrogen functional groups attached to an aromatic ring is 1. The number of pyridine rings is 1. The summed E-state index contributed by atoms with van der Waals surface area (Å²) in [5.41, 5.74) is 14.2. The van der Waals surface area contributed by atoms with Crippen molar-refractivity contribution < 1.29 is 53.4 Å². The van der Waals surface area contributed by atoms with Gasteiger partial charge in [-0.15, -0.1) is 0 Å². The number of fused-ring (bicyclic) bond motifs is 6. The van der Waals surface area contributed by atoms with E-state index in [0.29, 0.717) is 23.5 Å². The number of rotatable bonds is 9. The monoisotopic (exact) mass is 829 g/mol. The summed E-state index contributed by atoms with van der Waals surface area (Å²) in [5, 5.41) is 33.0. The minimum atomic E-state index is -1.56. The number of amidine groups is 1. The second kappa shape index (κ2) is 16.3. The third-order valence-electron chi connectivity index (χ3n) is 10.9. The van der Waals surface area contributed by atoms with Crippen molar-refractivity contribution >= 4 is 46.5 Å². The Hall–Kier alpha value is -6.83. The largest absolute Gasteiger partial charge is 0.499 e. The molecule has 0 saturated carbocycles. The number of nitrogens with zero attached hydrogens (tertiary/aromatic N) is 5. The van der Waals surface area contributed by atoms with E-state index in [-0.39, 0.29) is 83.3 Å². The number of aliphatic imine (C=N–C) groups is 3. The van der Waals surface area contributed by atoms with Gasteiger partial charge in [0.25, 0.3) is 0 Å². The van der Waals surface area contributed by atoms with Crippen molar-refractivity contribution in [2.24, 2.45) is 20.7 Å². The van der Waals surface area contributed by atoms with Crippen LogP contribution in [0.4, 0.5) is 11.5 Å². The molecule has 7 N–H and O–H groups in total. The van der Waals surface area contributed by atoms with E-state index in [1.54, 1.807) is 77.8 Å². The van der Waals surface area contributed by atoms with E-state index in [4.69, 9.17) is 35.2 Å². The molecule has 312 valence electrons. The molecule has 5 aliphatic rings. The maximum absolute atomic E-state index is 14.5. The van der Waals surface area contributed by atoms with Crippen molar-refractivity contribution in [1.82, 2.24) is 4.98 Å². The lowest BCUT2D eigenvalue weighted by Gasteiger charge is -2.42. The third kappa shape index (κ3) is 7.19. The molecule has 6 atom stereocenters. The number of aliphatic hydroxyl groups excluding tert-OH is 3. The lowest BCUT2D eigenvalue weighted by molar-refractivity contribution is -0.287. The average Bonchev–Trinajstić information content (AvgIpc) is 3.67. The van der Waals surface area contributed by atoms with Gasteiger partial charge in [-0.3, -0.25) is 19.4 Å². The highest BCUT2D eigenvalue weighted by Crippen LogP contribution is 2.49. The van der Waals surface area contributed by atoms with Gasteiger partial charge >= 0.3 is 5.91 Å². The molecule has 1 aliphatic carbocycles. The van der Waals surface area contributed by atoms with Crippen LogP contribution < -0.4 is 25.8 Å². The molecule has 1 saturated heterocycles. The minimum Gasteiger partial charge on any atom is -0.499 e. The van der Waals surface area contributed by atoms with Crippen molar-refractivity contribution in [2.45, 2.75) is 43.0 Å². The Balaban J connectivity index is 1.23. The highest BCUT2D eigenvalue weighted by Gasteiger charge is 2.48. The number of para-hydroxylation sites is 1. The molecule has 4 aliphatic heterocycles. The summed E-state index contributed by atoms with van der Waals surface area (Å²) in [6.07, 6.45) is -2.01. The van der Waals surface area contributed by atoms with E-state index in [2.05, 4.69) is 20.0 Å². The second-order valence-corrected chi connectivity index (χ2v) is 14.6. The van der Waals surface area contributed by atoms with Crippen LogP contribution in [0.3, 0.4) is 0 Å². The number of ether oxygens (including phenoxy) is 5. The molecule has 9 rings (SSSR count). The van der Waals surface area contributed by atoms with Crippen LogP contribution in [0.15, 0.2) is 100 Å². The first kappa shape index (κ1) is 39.6. The fourth-order valence-electron chi connectivity index (χ4n) is 8.08. The van der Waals surface area contributed by atoms with Gasteiger partial charge in [0.2, 0.25) is 12.2 Å². The van der Waals surface area contributed by atoms with Gasteiger partial charge in [0.15, 0.2) is 34.6 Å². The van der Waals surface area contributed by atoms with Gasteiger partial charge in [-0.2, -0.15) is 9.98 Å². The zero-order valence-corrected chi connectivity index (χ0v) is 32.3. The summed E-state index contributed by atoms with van der Waals surface area (Å²) in [4.78, 5) is 60.0. The van der Waals surface area contributed by atoms with Crippen LogP contribution in [0.2, 0.25) is 0 Å². The Morgan fingerprint density at radius 1 is 0.885 bits per heavy atom. The molecule has 0 spiro atoms. The Kier molecular flexibility index (Phi) is 10.6. The first-order valence-corrected chi connectivity index (χ1v) is 19.4. The maximum atomic E-state index is 14.5. The third-order valence-corrected chi connectivity index (χ3v) is 10.9. The van der Waals surface area contributed by atoms with Crippen molar-refractivity contribution in [3.8, 4) is 11.5 Å². The molecule has 3 aromatic carbocycles. The standard InChI is InChI=1S/C43H39N7O11/c44-30-17-21(9-12-46-30)10-15-58-39-36(55)35(54)29-19-57-14-11-22(23-5-3-4-8-28(23)50-20-47-32-40(50)48-43(45)49-41(32)56)26-18-27-31(34(53)25-7-2-1-6-24(25)33(27)52)38(59-16-13-51)37(26)61-42(39)60-29/h1-9,11-12,14,17-18,22,29,35-36,39,42,51,54-55H,10,13,15-16,19-20H2,(H2,44,46)(H2,45,49,56)/b14-11-/t22-,29-,35-,36+,39-,42+/m0/s1. The summed E-state index contributed by atoms with van der Waals surface area (Å²) in [6.45, 7) is -1.01. The van der Waals surface area contributed by atoms with Crippen LogP contribution in [0.1, 0.15) is 54.5 Å². The lowest BCUT2D eigenvalue weighted by atomic mass is 9.79. The van der Waals surface area contributed by atoms with Crippen molar-refractivity contribution in [3.63, 3.8) is 0 Å². The van der Waals surface area contributed by atoms with E-state index in [0.717, 1.165) is 5.56 Å². The van der Waals surface area contributed by atoms with Crippen LogP contribution in [-0.2, 0) is 25.4 Å². The fourth-order valence-corrected chi connectivity index (χ4v) is 8.08. The number of nitrogens with two attached hydrogens (primary N) is 2. The van der Waals surface area contributed by atoms with Crippen LogP contribution in [-0.4, -0.2) is 119 Å². The van der Waals surface area contributed by atoms with E-state index in [1.807, 2.05) is 6.07 Å². The Labute approximate surface area is 347 Å². The summed E-state index contributed by atoms with van der Waals surface area (Å²) in [6, 6.07) is 18.6. The molecule has 2 bridgehead atoms. The molecule has 4 aromatic rings. The number of aromatic nitrogens is 1. The quantitative estimate of drug-likeness (QED) is 0.141. The molecule has 61 heavy (non-hydrogen) atoms. The molecular formula is C43H39N7O11. The van der Waals surface area contributed by atoms with E-state index in [9.17, 15) is 29.7 Å². The second-order valence-electron chi connectivity index (χ2n) is 14.6. The smallest absolute Gasteiger partial charge is 0.302 e. The van der Waals surface area contributed by atoms with E-state index in [1.165, 1.54) is 6.26 Å². The van der Waals surface area contributed by atoms with E-state index >= 15 is 0 Å². The zero-order chi connectivity index (χ0) is 42.4. The molecule has 0 radical (unpaired) electrons. The number of hydrogen-bond acceptors (Lipinski definition) is 17. The molecule has 1 aromatic heterocycles. The van der Waals surface area contributed by atoms with Crippen LogP contribution in [0, 0.1) is 0 Å². The van der Waals surface area contributed by atoms with Gasteiger partial charge in [0.05, 0.1) is 25.0 Å². The SMILES string of the molecule is NC1=NC(=O)C2=NCN(c3ccccc3[C@@H]3/C=C\OC[C@@H]4O[C@H](Oc5c3cc3c(c5OCCO)C(=O)c5ccccc5C3=O)[C@@H](OCCc3ccnc(N)c3)[C@H](O)[C@H]4O)C2=N1. The number of allylic oxidation sites excluding steroid dienone is 1. The summed E-state index contributed by atoms with van der Waals surface area (Å²) < 4.78 is 31.6. The zero-order valence-electron chi connectivity index (χ0n) is 32.3. The van der Waals surface area contributed by atoms with Gasteiger partial charge in [0.1, 0.15) is 50.1 Å². The number of anilines is 2. The molecule has 18 nitrogen and oxygen atoms in total. The number of carbonyl (C=O) groups is 3. The number of amides is 1. The van der Waals surface area contributed by atoms with Crippen LogP contribution >= 0.6 is 0 Å². The molecule has 1 amide bonds. The first-order valence-electron chi connectivity index (χ1n) is 19.4. The van der Waals surface area contributed by atoms with Crippen molar-refractivity contribution in [1.29, 1.82) is 0 Å². The first-order chi connectivity index (χ1) is 29.6. The molecule has 18 heteroatoms. The minimum absolute atomic E-state index is 0.00557. The van der Waals surface area contributed by atoms with Gasteiger partial charge in [-0.1, -0.05) is 42.5 Å². The summed E-state index contributed by atoms with van der Waals surface area (Å²) >= 11 is 0. The maximum Gasteiger partial charge on any atom is 0.302 e. The highest BCUT2D eigenvalue weighted by molar-refractivity contribution is 6.72. The van der Waals surface area contributed by atoms with Gasteiger partial charge in [0, 0.05) is 40.1 Å². The van der Waals surface area contributed by atoms with E-state index < -0.39 is 60.7 Å². The number of ketones is 2. The molecule has 5 heterocycles. The Bertz CT molecular complexity index is 2570. The molecular weight excluding hydrogens is 791 g/mol. The topological polar surface area (TPSA) is 263 Å². The van der Waals surface area contributed by atoms with Gasteiger partial charge in [-0.25, -0.2) is 4.98 Å².